The van der Waals surface area contributed by atoms with Crippen molar-refractivity contribution in [2.75, 3.05) is 5.32 Å². The third-order valence-electron chi connectivity index (χ3n) is 1.44. The van der Waals surface area contributed by atoms with Gasteiger partial charge in [-0.15, -0.1) is 0 Å². The zero-order chi connectivity index (χ0) is 9.68. The monoisotopic (exact) mass is 176 g/mol. The summed E-state index contributed by atoms with van der Waals surface area (Å²) < 4.78 is 0. The van der Waals surface area contributed by atoms with Crippen LogP contribution in [0.15, 0.2) is 30.5 Å². The second-order valence-electron chi connectivity index (χ2n) is 2.75. The molecule has 1 N–H and O–H groups in total. The van der Waals surface area contributed by atoms with Gasteiger partial charge in [0, 0.05) is 11.9 Å². The minimum atomic E-state index is 0.0140. The van der Waals surface area contributed by atoms with E-state index in [2.05, 4.69) is 10.3 Å². The van der Waals surface area contributed by atoms with Gasteiger partial charge in [0.25, 0.3) is 0 Å². The van der Waals surface area contributed by atoms with Crippen LogP contribution in [0.4, 0.5) is 5.82 Å². The van der Waals surface area contributed by atoms with E-state index in [0.717, 1.165) is 11.5 Å². The van der Waals surface area contributed by atoms with E-state index in [-0.39, 0.29) is 5.78 Å². The lowest BCUT2D eigenvalue weighted by Crippen LogP contribution is -1.93. The number of pyridine rings is 1. The predicted octanol–water partition coefficient (Wildman–Crippen LogP) is 1.90. The van der Waals surface area contributed by atoms with Crippen LogP contribution in [0.3, 0.4) is 0 Å². The molecular formula is C10H12N2O. The number of aryl methyl sites for hydroxylation is 1. The third-order valence-corrected chi connectivity index (χ3v) is 1.44. The summed E-state index contributed by atoms with van der Waals surface area (Å²) >= 11 is 0. The number of carbonyl (C=O) groups excluding carboxylic acids is 1. The maximum absolute atomic E-state index is 10.6. The Balaban J connectivity index is 2.59. The number of ketones is 1. The molecule has 1 aromatic rings. The molecule has 0 aromatic carbocycles. The van der Waals surface area contributed by atoms with Crippen LogP contribution in [0.2, 0.25) is 0 Å². The molecule has 3 heteroatoms. The number of hydrogen-bond donors (Lipinski definition) is 1. The van der Waals surface area contributed by atoms with E-state index < -0.39 is 0 Å². The van der Waals surface area contributed by atoms with E-state index in [0.29, 0.717) is 0 Å². The number of allylic oxidation sites excluding steroid dienone is 1. The maximum atomic E-state index is 10.6. The number of hydrogen-bond acceptors (Lipinski definition) is 3. The summed E-state index contributed by atoms with van der Waals surface area (Å²) in [6, 6.07) is 5.67. The standard InChI is InChI=1S/C10H12N2O/c1-8-4-3-5-10(12-8)11-7-6-9(2)13/h3-7H,1-2H3,(H,11,12)/b7-6+. The Bertz CT molecular complexity index is 331. The summed E-state index contributed by atoms with van der Waals surface area (Å²) in [4.78, 5) is 14.8. The summed E-state index contributed by atoms with van der Waals surface area (Å²) in [6.07, 6.45) is 3.05. The molecule has 0 unspecified atom stereocenters. The van der Waals surface area contributed by atoms with Crippen LogP contribution in [0.25, 0.3) is 0 Å². The molecule has 0 fully saturated rings. The summed E-state index contributed by atoms with van der Waals surface area (Å²) in [6.45, 7) is 3.42. The first-order valence-electron chi connectivity index (χ1n) is 4.06. The van der Waals surface area contributed by atoms with Gasteiger partial charge in [-0.25, -0.2) is 4.98 Å². The molecule has 0 amide bonds. The van der Waals surface area contributed by atoms with Crippen LogP contribution in [0.5, 0.6) is 0 Å². The van der Waals surface area contributed by atoms with Crippen LogP contribution in [-0.4, -0.2) is 10.8 Å². The van der Waals surface area contributed by atoms with Gasteiger partial charge in [0.05, 0.1) is 0 Å². The van der Waals surface area contributed by atoms with Gasteiger partial charge < -0.3 is 5.32 Å². The molecule has 0 aliphatic heterocycles. The highest BCUT2D eigenvalue weighted by molar-refractivity contribution is 5.87. The predicted molar refractivity (Wildman–Crippen MR) is 52.4 cm³/mol. The molecule has 1 aromatic heterocycles. The molecule has 0 aliphatic carbocycles. The molecule has 3 nitrogen and oxygen atoms in total. The first kappa shape index (κ1) is 9.45. The highest BCUT2D eigenvalue weighted by atomic mass is 16.1. The molecule has 0 aliphatic rings. The molecule has 0 saturated carbocycles. The number of carbonyl (C=O) groups is 1. The highest BCUT2D eigenvalue weighted by Crippen LogP contribution is 2.02. The molecule has 0 spiro atoms. The normalized spacial score (nSPS) is 10.3. The number of rotatable bonds is 3. The van der Waals surface area contributed by atoms with Crippen molar-refractivity contribution < 1.29 is 4.79 Å². The Hall–Kier alpha value is -1.64. The van der Waals surface area contributed by atoms with Crippen molar-refractivity contribution in [3.05, 3.63) is 36.2 Å². The van der Waals surface area contributed by atoms with Crippen LogP contribution in [0.1, 0.15) is 12.6 Å². The number of nitrogens with one attached hydrogen (secondary N) is 1. The lowest BCUT2D eigenvalue weighted by molar-refractivity contribution is -0.112. The summed E-state index contributed by atoms with van der Waals surface area (Å²) in [5.74, 6) is 0.762. The van der Waals surface area contributed by atoms with Crippen molar-refractivity contribution >= 4 is 11.6 Å². The SMILES string of the molecule is CC(=O)/C=C/Nc1cccc(C)n1. The largest absolute Gasteiger partial charge is 0.347 e. The fraction of sp³-hybridized carbons (Fsp3) is 0.200. The second kappa shape index (κ2) is 4.40. The maximum Gasteiger partial charge on any atom is 0.154 e. The van der Waals surface area contributed by atoms with Crippen LogP contribution in [0, 0.1) is 6.92 Å². The van der Waals surface area contributed by atoms with Crippen molar-refractivity contribution in [3.8, 4) is 0 Å². The molecule has 13 heavy (non-hydrogen) atoms. The Kier molecular flexibility index (Phi) is 3.20. The summed E-state index contributed by atoms with van der Waals surface area (Å²) in [5, 5.41) is 2.90. The lowest BCUT2D eigenvalue weighted by Gasteiger charge is -1.99. The zero-order valence-corrected chi connectivity index (χ0v) is 7.74. The first-order valence-corrected chi connectivity index (χ1v) is 4.06. The second-order valence-corrected chi connectivity index (χ2v) is 2.75. The van der Waals surface area contributed by atoms with Gasteiger partial charge in [-0.1, -0.05) is 6.07 Å². The first-order chi connectivity index (χ1) is 6.18. The van der Waals surface area contributed by atoms with E-state index in [1.807, 2.05) is 25.1 Å². The Labute approximate surface area is 77.5 Å². The molecule has 1 heterocycles. The fourth-order valence-corrected chi connectivity index (χ4v) is 0.868. The number of nitrogens with zero attached hydrogens (tertiary/aromatic N) is 1. The third kappa shape index (κ3) is 3.51. The number of anilines is 1. The quantitative estimate of drug-likeness (QED) is 0.715. The molecule has 0 atom stereocenters. The van der Waals surface area contributed by atoms with Gasteiger partial charge in [0.15, 0.2) is 5.78 Å². The average Bonchev–Trinajstić information content (AvgIpc) is 2.03. The van der Waals surface area contributed by atoms with Crippen molar-refractivity contribution in [3.63, 3.8) is 0 Å². The van der Waals surface area contributed by atoms with E-state index in [1.54, 1.807) is 6.20 Å². The Morgan fingerprint density at radius 1 is 1.54 bits per heavy atom. The van der Waals surface area contributed by atoms with Gasteiger partial charge in [0.1, 0.15) is 5.82 Å². The van der Waals surface area contributed by atoms with Gasteiger partial charge in [0.2, 0.25) is 0 Å². The average molecular weight is 176 g/mol. The smallest absolute Gasteiger partial charge is 0.154 e. The van der Waals surface area contributed by atoms with Gasteiger partial charge >= 0.3 is 0 Å². The molecule has 0 bridgehead atoms. The lowest BCUT2D eigenvalue weighted by atomic mass is 10.4. The minimum absolute atomic E-state index is 0.0140. The van der Waals surface area contributed by atoms with Crippen LogP contribution in [-0.2, 0) is 4.79 Å². The van der Waals surface area contributed by atoms with Gasteiger partial charge in [-0.3, -0.25) is 4.79 Å². The fourth-order valence-electron chi connectivity index (χ4n) is 0.868. The van der Waals surface area contributed by atoms with Crippen molar-refractivity contribution in [1.82, 2.24) is 4.98 Å². The zero-order valence-electron chi connectivity index (χ0n) is 7.74. The molecule has 0 saturated heterocycles. The topological polar surface area (TPSA) is 42.0 Å². The van der Waals surface area contributed by atoms with Gasteiger partial charge in [-0.05, 0) is 32.1 Å². The molecule has 0 radical (unpaired) electrons. The van der Waals surface area contributed by atoms with Crippen LogP contribution < -0.4 is 5.32 Å². The molecular weight excluding hydrogens is 164 g/mol. The van der Waals surface area contributed by atoms with Crippen molar-refractivity contribution in [1.29, 1.82) is 0 Å². The van der Waals surface area contributed by atoms with E-state index in [1.165, 1.54) is 13.0 Å². The van der Waals surface area contributed by atoms with E-state index in [9.17, 15) is 4.79 Å². The van der Waals surface area contributed by atoms with E-state index in [4.69, 9.17) is 0 Å². The van der Waals surface area contributed by atoms with Crippen molar-refractivity contribution in [2.45, 2.75) is 13.8 Å². The highest BCUT2D eigenvalue weighted by Gasteiger charge is 1.89. The van der Waals surface area contributed by atoms with Gasteiger partial charge in [-0.2, -0.15) is 0 Å². The summed E-state index contributed by atoms with van der Waals surface area (Å²) in [5.41, 5.74) is 0.946. The summed E-state index contributed by atoms with van der Waals surface area (Å²) in [7, 11) is 0. The van der Waals surface area contributed by atoms with Crippen LogP contribution >= 0.6 is 0 Å². The molecule has 68 valence electrons. The van der Waals surface area contributed by atoms with E-state index >= 15 is 0 Å². The Morgan fingerprint density at radius 2 is 2.31 bits per heavy atom. The molecule has 1 rings (SSSR count). The number of aromatic nitrogens is 1. The van der Waals surface area contributed by atoms with Crippen molar-refractivity contribution in [2.24, 2.45) is 0 Å². The Morgan fingerprint density at radius 3 is 2.92 bits per heavy atom. The minimum Gasteiger partial charge on any atom is -0.347 e.